The van der Waals surface area contributed by atoms with Gasteiger partial charge in [-0.05, 0) is 74.8 Å². The quantitative estimate of drug-likeness (QED) is 0.455. The number of aldehydes is 1. The van der Waals surface area contributed by atoms with Gasteiger partial charge in [0, 0.05) is 0 Å². The van der Waals surface area contributed by atoms with Crippen LogP contribution in [0.25, 0.3) is 0 Å². The molecule has 1 aliphatic carbocycles. The first-order valence-corrected chi connectivity index (χ1v) is 8.04. The highest BCUT2D eigenvalue weighted by atomic mass is 16.5. The maximum Gasteiger partial charge on any atom is 0.338 e. The number of rotatable bonds is 6. The molecule has 0 spiro atoms. The number of ether oxygens (including phenoxy) is 1. The molecule has 0 aliphatic heterocycles. The maximum absolute atomic E-state index is 12.1. The highest BCUT2D eigenvalue weighted by Gasteiger charge is 2.23. The van der Waals surface area contributed by atoms with E-state index in [1.165, 1.54) is 0 Å². The van der Waals surface area contributed by atoms with Gasteiger partial charge in [-0.2, -0.15) is 5.26 Å². The van der Waals surface area contributed by atoms with Gasteiger partial charge in [-0.15, -0.1) is 0 Å². The lowest BCUT2D eigenvalue weighted by atomic mass is 9.84. The van der Waals surface area contributed by atoms with Crippen LogP contribution < -0.4 is 0 Å². The summed E-state index contributed by atoms with van der Waals surface area (Å²) in [6, 6.07) is 8.54. The average Bonchev–Trinajstić information content (AvgIpc) is 2.60. The monoisotopic (exact) mass is 311 g/mol. The minimum absolute atomic E-state index is 0.0140. The number of hydrogen-bond acceptors (Lipinski definition) is 4. The molecule has 4 nitrogen and oxygen atoms in total. The molecule has 0 atom stereocenters. The number of carbonyl (C=O) groups is 2. The molecule has 120 valence electrons. The predicted octanol–water partition coefficient (Wildman–Crippen LogP) is 3.81. The predicted molar refractivity (Wildman–Crippen MR) is 86.8 cm³/mol. The Hall–Kier alpha value is -2.41. The van der Waals surface area contributed by atoms with Gasteiger partial charge in [0.1, 0.15) is 12.4 Å². The van der Waals surface area contributed by atoms with Crippen LogP contribution in [0.1, 0.15) is 54.4 Å². The zero-order chi connectivity index (χ0) is 16.5. The topological polar surface area (TPSA) is 67.2 Å². The second-order valence-corrected chi connectivity index (χ2v) is 5.88. The molecule has 0 N–H and O–H groups in total. The van der Waals surface area contributed by atoms with Gasteiger partial charge in [-0.3, -0.25) is 4.79 Å². The van der Waals surface area contributed by atoms with Gasteiger partial charge in [0.2, 0.25) is 0 Å². The van der Waals surface area contributed by atoms with E-state index in [4.69, 9.17) is 10.00 Å². The average molecular weight is 311 g/mol. The van der Waals surface area contributed by atoms with Crippen molar-refractivity contribution in [2.24, 2.45) is 5.92 Å². The molecule has 0 bridgehead atoms. The van der Waals surface area contributed by atoms with Crippen LogP contribution in [0.5, 0.6) is 0 Å². The van der Waals surface area contributed by atoms with Crippen LogP contribution in [-0.2, 0) is 9.53 Å². The Labute approximate surface area is 136 Å². The standard InChI is InChI=1S/C19H21NO3/c20-14-16-5-9-17(10-6-16)19(22)23-18-11-7-15(8-12-18)4-2-1-3-13-21/h1,3,5-6,9-10,13,15,18H,2,4,7-8,11-12H2. The van der Waals surface area contributed by atoms with E-state index < -0.39 is 0 Å². The van der Waals surface area contributed by atoms with Crippen molar-refractivity contribution in [1.29, 1.82) is 5.26 Å². The lowest BCUT2D eigenvalue weighted by Gasteiger charge is -2.28. The van der Waals surface area contributed by atoms with Crippen LogP contribution in [0.4, 0.5) is 0 Å². The largest absolute Gasteiger partial charge is 0.459 e. The minimum atomic E-state index is -0.313. The third kappa shape index (κ3) is 5.37. The van der Waals surface area contributed by atoms with Crippen LogP contribution in [0.2, 0.25) is 0 Å². The van der Waals surface area contributed by atoms with E-state index in [9.17, 15) is 9.59 Å². The van der Waals surface area contributed by atoms with E-state index in [1.807, 2.05) is 12.1 Å². The molecule has 1 aromatic rings. The second-order valence-electron chi connectivity index (χ2n) is 5.88. The Morgan fingerprint density at radius 3 is 2.52 bits per heavy atom. The van der Waals surface area contributed by atoms with Crippen molar-refractivity contribution in [2.75, 3.05) is 0 Å². The van der Waals surface area contributed by atoms with Crippen LogP contribution in [0, 0.1) is 17.2 Å². The van der Waals surface area contributed by atoms with Crippen molar-refractivity contribution in [2.45, 2.75) is 44.6 Å². The Bertz CT molecular complexity index is 590. The fourth-order valence-corrected chi connectivity index (χ4v) is 2.92. The van der Waals surface area contributed by atoms with Crippen LogP contribution in [0.3, 0.4) is 0 Å². The van der Waals surface area contributed by atoms with Crippen molar-refractivity contribution >= 4 is 12.3 Å². The molecule has 23 heavy (non-hydrogen) atoms. The molecule has 2 rings (SSSR count). The fraction of sp³-hybridized carbons (Fsp3) is 0.421. The first kappa shape index (κ1) is 17.0. The SMILES string of the molecule is N#Cc1ccc(C(=O)OC2CCC(CCC=CC=O)CC2)cc1. The number of carbonyl (C=O) groups excluding carboxylic acids is 2. The number of benzene rings is 1. The molecular formula is C19H21NO3. The first-order valence-electron chi connectivity index (χ1n) is 8.04. The van der Waals surface area contributed by atoms with Crippen molar-refractivity contribution in [3.05, 3.63) is 47.5 Å². The number of hydrogen-bond donors (Lipinski definition) is 0. The molecule has 0 amide bonds. The summed E-state index contributed by atoms with van der Waals surface area (Å²) in [6.45, 7) is 0. The number of allylic oxidation sites excluding steroid dienone is 2. The van der Waals surface area contributed by atoms with Gasteiger partial charge >= 0.3 is 5.97 Å². The van der Waals surface area contributed by atoms with Crippen LogP contribution in [0.15, 0.2) is 36.4 Å². The maximum atomic E-state index is 12.1. The van der Waals surface area contributed by atoms with Crippen molar-refractivity contribution < 1.29 is 14.3 Å². The van der Waals surface area contributed by atoms with E-state index in [0.717, 1.165) is 44.8 Å². The smallest absolute Gasteiger partial charge is 0.338 e. The molecule has 0 unspecified atom stereocenters. The fourth-order valence-electron chi connectivity index (χ4n) is 2.92. The molecular weight excluding hydrogens is 290 g/mol. The zero-order valence-corrected chi connectivity index (χ0v) is 13.1. The highest BCUT2D eigenvalue weighted by molar-refractivity contribution is 5.89. The van der Waals surface area contributed by atoms with Gasteiger partial charge in [0.05, 0.1) is 17.2 Å². The number of esters is 1. The number of nitrogens with zero attached hydrogens (tertiary/aromatic N) is 1. The summed E-state index contributed by atoms with van der Waals surface area (Å²) < 4.78 is 5.56. The van der Waals surface area contributed by atoms with Gasteiger partial charge in [0.25, 0.3) is 0 Å². The van der Waals surface area contributed by atoms with E-state index in [1.54, 1.807) is 30.3 Å². The Morgan fingerprint density at radius 2 is 1.91 bits per heavy atom. The summed E-state index contributed by atoms with van der Waals surface area (Å²) in [6.07, 6.45) is 10.2. The molecule has 1 saturated carbocycles. The molecule has 1 aromatic carbocycles. The van der Waals surface area contributed by atoms with Crippen LogP contribution in [-0.4, -0.2) is 18.4 Å². The van der Waals surface area contributed by atoms with E-state index in [-0.39, 0.29) is 12.1 Å². The summed E-state index contributed by atoms with van der Waals surface area (Å²) in [5.74, 6) is 0.336. The van der Waals surface area contributed by atoms with E-state index >= 15 is 0 Å². The summed E-state index contributed by atoms with van der Waals surface area (Å²) in [4.78, 5) is 22.3. The molecule has 1 fully saturated rings. The molecule has 1 aliphatic rings. The lowest BCUT2D eigenvalue weighted by Crippen LogP contribution is -2.24. The van der Waals surface area contributed by atoms with Gasteiger partial charge in [-0.25, -0.2) is 4.79 Å². The first-order chi connectivity index (χ1) is 11.2. The summed E-state index contributed by atoms with van der Waals surface area (Å²) in [5, 5.41) is 8.76. The molecule has 0 radical (unpaired) electrons. The Balaban J connectivity index is 1.75. The Kier molecular flexibility index (Phi) is 6.56. The van der Waals surface area contributed by atoms with Gasteiger partial charge < -0.3 is 4.74 Å². The Morgan fingerprint density at radius 1 is 1.22 bits per heavy atom. The molecule has 0 heterocycles. The zero-order valence-electron chi connectivity index (χ0n) is 13.1. The van der Waals surface area contributed by atoms with Gasteiger partial charge in [-0.1, -0.05) is 6.08 Å². The highest BCUT2D eigenvalue weighted by Crippen LogP contribution is 2.30. The van der Waals surface area contributed by atoms with E-state index in [0.29, 0.717) is 17.0 Å². The second kappa shape index (κ2) is 8.89. The normalized spacial score (nSPS) is 20.8. The minimum Gasteiger partial charge on any atom is -0.459 e. The third-order valence-electron chi connectivity index (χ3n) is 4.27. The summed E-state index contributed by atoms with van der Waals surface area (Å²) in [7, 11) is 0. The van der Waals surface area contributed by atoms with Crippen molar-refractivity contribution in [3.8, 4) is 6.07 Å². The molecule has 0 aromatic heterocycles. The summed E-state index contributed by atoms with van der Waals surface area (Å²) in [5.41, 5.74) is 1.02. The lowest BCUT2D eigenvalue weighted by molar-refractivity contribution is -0.104. The third-order valence-corrected chi connectivity index (χ3v) is 4.27. The molecule has 4 heteroatoms. The van der Waals surface area contributed by atoms with Crippen molar-refractivity contribution in [3.63, 3.8) is 0 Å². The van der Waals surface area contributed by atoms with Crippen LogP contribution >= 0.6 is 0 Å². The molecule has 0 saturated heterocycles. The van der Waals surface area contributed by atoms with E-state index in [2.05, 4.69) is 0 Å². The van der Waals surface area contributed by atoms with Crippen molar-refractivity contribution in [1.82, 2.24) is 0 Å². The van der Waals surface area contributed by atoms with Gasteiger partial charge in [0.15, 0.2) is 0 Å². The number of nitriles is 1. The summed E-state index contributed by atoms with van der Waals surface area (Å²) >= 11 is 0.